The van der Waals surface area contributed by atoms with Crippen molar-refractivity contribution in [3.05, 3.63) is 41.3 Å². The van der Waals surface area contributed by atoms with Gasteiger partial charge in [0.05, 0.1) is 11.9 Å². The highest BCUT2D eigenvalue weighted by molar-refractivity contribution is 7.88. The lowest BCUT2D eigenvalue weighted by molar-refractivity contribution is -0.124. The Kier molecular flexibility index (Phi) is 7.45. The molecule has 7 nitrogen and oxygen atoms in total. The van der Waals surface area contributed by atoms with E-state index in [1.165, 1.54) is 21.9 Å². The van der Waals surface area contributed by atoms with Gasteiger partial charge in [-0.2, -0.15) is 0 Å². The minimum atomic E-state index is -3.30. The summed E-state index contributed by atoms with van der Waals surface area (Å²) in [6.07, 6.45) is 5.75. The van der Waals surface area contributed by atoms with Crippen LogP contribution in [-0.4, -0.2) is 55.1 Å². The van der Waals surface area contributed by atoms with Crippen LogP contribution in [0.1, 0.15) is 55.1 Å². The Balaban J connectivity index is 1.71. The quantitative estimate of drug-likeness (QED) is 0.615. The molecule has 1 aliphatic heterocycles. The molecular weight excluding hydrogens is 472 g/mol. The maximum Gasteiger partial charge on any atom is 0.348 e. The van der Waals surface area contributed by atoms with Gasteiger partial charge in [-0.3, -0.25) is 4.79 Å². The number of sulfonamides is 1. The lowest BCUT2D eigenvalue weighted by atomic mass is 9.82. The van der Waals surface area contributed by atoms with E-state index < -0.39 is 16.0 Å². The van der Waals surface area contributed by atoms with E-state index in [0.29, 0.717) is 37.5 Å². The van der Waals surface area contributed by atoms with Crippen molar-refractivity contribution in [3.8, 4) is 10.4 Å². The Morgan fingerprint density at radius 2 is 1.65 bits per heavy atom. The Labute approximate surface area is 205 Å². The van der Waals surface area contributed by atoms with Crippen molar-refractivity contribution in [1.82, 2.24) is 4.31 Å². The van der Waals surface area contributed by atoms with Crippen LogP contribution >= 0.6 is 11.3 Å². The van der Waals surface area contributed by atoms with Crippen LogP contribution in [0.25, 0.3) is 10.4 Å². The summed E-state index contributed by atoms with van der Waals surface area (Å²) in [5.74, 6) is -0.614. The van der Waals surface area contributed by atoms with Crippen LogP contribution in [0.4, 0.5) is 5.69 Å². The summed E-state index contributed by atoms with van der Waals surface area (Å²) in [7, 11) is -3.30. The zero-order chi connectivity index (χ0) is 24.5. The van der Waals surface area contributed by atoms with E-state index in [-0.39, 0.29) is 22.7 Å². The van der Waals surface area contributed by atoms with E-state index in [9.17, 15) is 23.1 Å². The minimum absolute atomic E-state index is 0.0235. The molecule has 0 bridgehead atoms. The standard InChI is InChI=1S/C25H32N2O5S2/c1-17-8-10-19(11-9-17)24(28)27(20-12-14-26(15-13-20)34(2,31)32)21-16-22(33-23(21)25(29)30)18-6-4-3-5-7-18/h3-7,16-17,19-20H,8-15H2,1-2H3,(H,29,30). The number of carboxylic acids is 1. The SMILES string of the molecule is CC1CCC(C(=O)N(c2cc(-c3ccccc3)sc2C(=O)O)C2CCN(S(C)(=O)=O)CC2)CC1. The van der Waals surface area contributed by atoms with Gasteiger partial charge < -0.3 is 10.0 Å². The summed E-state index contributed by atoms with van der Waals surface area (Å²) in [6, 6.07) is 11.2. The summed E-state index contributed by atoms with van der Waals surface area (Å²) in [6.45, 7) is 2.85. The molecule has 1 saturated heterocycles. The number of benzene rings is 1. The lowest BCUT2D eigenvalue weighted by Crippen LogP contribution is -2.51. The van der Waals surface area contributed by atoms with E-state index in [1.807, 2.05) is 36.4 Å². The van der Waals surface area contributed by atoms with Gasteiger partial charge in [0.25, 0.3) is 0 Å². The minimum Gasteiger partial charge on any atom is -0.477 e. The first-order valence-corrected chi connectivity index (χ1v) is 14.5. The molecule has 1 saturated carbocycles. The van der Waals surface area contributed by atoms with E-state index in [0.717, 1.165) is 36.1 Å². The van der Waals surface area contributed by atoms with Crippen molar-refractivity contribution in [1.29, 1.82) is 0 Å². The Bertz CT molecular complexity index is 1130. The zero-order valence-corrected chi connectivity index (χ0v) is 21.3. The number of carboxylic acid groups (broad SMARTS) is 1. The molecule has 0 spiro atoms. The molecule has 0 atom stereocenters. The number of aromatic carboxylic acids is 1. The molecule has 1 aromatic carbocycles. The summed E-state index contributed by atoms with van der Waals surface area (Å²) >= 11 is 1.18. The molecular formula is C25H32N2O5S2. The molecule has 2 fully saturated rings. The second kappa shape index (κ2) is 10.2. The molecule has 0 unspecified atom stereocenters. The van der Waals surface area contributed by atoms with Crippen molar-refractivity contribution in [3.63, 3.8) is 0 Å². The Morgan fingerprint density at radius 1 is 1.03 bits per heavy atom. The van der Waals surface area contributed by atoms with Crippen LogP contribution < -0.4 is 4.90 Å². The number of carbonyl (C=O) groups excluding carboxylic acids is 1. The predicted molar refractivity (Wildman–Crippen MR) is 135 cm³/mol. The van der Waals surface area contributed by atoms with E-state index in [1.54, 1.807) is 4.90 Å². The van der Waals surface area contributed by atoms with Crippen LogP contribution in [0, 0.1) is 11.8 Å². The van der Waals surface area contributed by atoms with Crippen molar-refractivity contribution < 1.29 is 23.1 Å². The molecule has 34 heavy (non-hydrogen) atoms. The van der Waals surface area contributed by atoms with Gasteiger partial charge in [0, 0.05) is 29.9 Å². The zero-order valence-electron chi connectivity index (χ0n) is 19.6. The highest BCUT2D eigenvalue weighted by Gasteiger charge is 2.38. The van der Waals surface area contributed by atoms with Crippen molar-refractivity contribution in [2.24, 2.45) is 11.8 Å². The number of anilines is 1. The number of thiophene rings is 1. The number of piperidine rings is 1. The van der Waals surface area contributed by atoms with Crippen LogP contribution in [-0.2, 0) is 14.8 Å². The van der Waals surface area contributed by atoms with Gasteiger partial charge in [0.1, 0.15) is 4.88 Å². The molecule has 2 heterocycles. The third kappa shape index (κ3) is 5.37. The molecule has 184 valence electrons. The number of hydrogen-bond acceptors (Lipinski definition) is 5. The highest BCUT2D eigenvalue weighted by atomic mass is 32.2. The number of rotatable bonds is 6. The number of carbonyl (C=O) groups is 2. The monoisotopic (exact) mass is 504 g/mol. The fourth-order valence-electron chi connectivity index (χ4n) is 5.09. The largest absolute Gasteiger partial charge is 0.477 e. The van der Waals surface area contributed by atoms with Crippen LogP contribution in [0.15, 0.2) is 36.4 Å². The third-order valence-electron chi connectivity index (χ3n) is 7.08. The van der Waals surface area contributed by atoms with Gasteiger partial charge in [-0.05, 0) is 56.1 Å². The molecule has 1 aromatic heterocycles. The Hall–Kier alpha value is -2.23. The second-order valence-corrected chi connectivity index (χ2v) is 12.6. The molecule has 4 rings (SSSR count). The smallest absolute Gasteiger partial charge is 0.348 e. The molecule has 2 aliphatic rings. The summed E-state index contributed by atoms with van der Waals surface area (Å²) in [4.78, 5) is 28.8. The number of nitrogens with zero attached hydrogens (tertiary/aromatic N) is 2. The molecule has 2 aromatic rings. The van der Waals surface area contributed by atoms with Crippen LogP contribution in [0.3, 0.4) is 0 Å². The fraction of sp³-hybridized carbons (Fsp3) is 0.520. The molecule has 0 radical (unpaired) electrons. The van der Waals surface area contributed by atoms with Crippen molar-refractivity contribution in [2.75, 3.05) is 24.2 Å². The van der Waals surface area contributed by atoms with Gasteiger partial charge in [-0.15, -0.1) is 11.3 Å². The number of amides is 1. The van der Waals surface area contributed by atoms with Crippen molar-refractivity contribution in [2.45, 2.75) is 51.5 Å². The van der Waals surface area contributed by atoms with Gasteiger partial charge in [-0.1, -0.05) is 37.3 Å². The first-order chi connectivity index (χ1) is 16.1. The van der Waals surface area contributed by atoms with E-state index in [4.69, 9.17) is 0 Å². The molecule has 1 aliphatic carbocycles. The molecule has 1 amide bonds. The third-order valence-corrected chi connectivity index (χ3v) is 9.55. The van der Waals surface area contributed by atoms with Crippen LogP contribution in [0.2, 0.25) is 0 Å². The average molecular weight is 505 g/mol. The molecule has 1 N–H and O–H groups in total. The molecule has 9 heteroatoms. The maximum atomic E-state index is 13.9. The summed E-state index contributed by atoms with van der Waals surface area (Å²) < 4.78 is 25.5. The van der Waals surface area contributed by atoms with Gasteiger partial charge in [-0.25, -0.2) is 17.5 Å². The van der Waals surface area contributed by atoms with Gasteiger partial charge in [0.15, 0.2) is 0 Å². The lowest BCUT2D eigenvalue weighted by Gasteiger charge is -2.40. The topological polar surface area (TPSA) is 95.0 Å². The van der Waals surface area contributed by atoms with E-state index >= 15 is 0 Å². The maximum absolute atomic E-state index is 13.9. The highest BCUT2D eigenvalue weighted by Crippen LogP contribution is 2.41. The first-order valence-electron chi connectivity index (χ1n) is 11.9. The van der Waals surface area contributed by atoms with Crippen LogP contribution in [0.5, 0.6) is 0 Å². The average Bonchev–Trinajstić information content (AvgIpc) is 3.25. The predicted octanol–water partition coefficient (Wildman–Crippen LogP) is 4.70. The Morgan fingerprint density at radius 3 is 2.21 bits per heavy atom. The normalized spacial score (nSPS) is 22.4. The fourth-order valence-corrected chi connectivity index (χ4v) is 6.96. The van der Waals surface area contributed by atoms with Gasteiger partial charge in [0.2, 0.25) is 15.9 Å². The second-order valence-electron chi connectivity index (χ2n) is 9.55. The first kappa shape index (κ1) is 24.9. The number of hydrogen-bond donors (Lipinski definition) is 1. The van der Waals surface area contributed by atoms with E-state index in [2.05, 4.69) is 6.92 Å². The van der Waals surface area contributed by atoms with Gasteiger partial charge >= 0.3 is 5.97 Å². The van der Waals surface area contributed by atoms with Crippen molar-refractivity contribution >= 4 is 38.9 Å². The summed E-state index contributed by atoms with van der Waals surface area (Å²) in [5, 5.41) is 10.0. The summed E-state index contributed by atoms with van der Waals surface area (Å²) in [5.41, 5.74) is 1.35.